The summed E-state index contributed by atoms with van der Waals surface area (Å²) in [5.41, 5.74) is 3.52. The molecule has 3 aromatic rings. The average Bonchev–Trinajstić information content (AvgIpc) is 3.18. The van der Waals surface area contributed by atoms with Crippen LogP contribution in [-0.4, -0.2) is 41.5 Å². The van der Waals surface area contributed by atoms with Crippen molar-refractivity contribution >= 4 is 18.3 Å². The molecule has 1 saturated heterocycles. The Labute approximate surface area is 171 Å². The number of carbonyl (C=O) groups is 1. The second kappa shape index (κ2) is 8.59. The van der Waals surface area contributed by atoms with Crippen LogP contribution in [0.4, 0.5) is 0 Å². The molecule has 5 nitrogen and oxygen atoms in total. The molecule has 0 saturated carbocycles. The number of aryl methyl sites for hydroxylation is 1. The lowest BCUT2D eigenvalue weighted by Crippen LogP contribution is -2.51. The Morgan fingerprint density at radius 2 is 1.93 bits per heavy atom. The average molecular weight is 398 g/mol. The number of halogens is 1. The number of amides is 1. The fraction of sp³-hybridized carbons (Fsp3) is 0.273. The second-order valence-electron chi connectivity index (χ2n) is 7.05. The van der Waals surface area contributed by atoms with Crippen LogP contribution >= 0.6 is 12.4 Å². The summed E-state index contributed by atoms with van der Waals surface area (Å²) in [6.45, 7) is 6.36. The van der Waals surface area contributed by atoms with Crippen LogP contribution in [0.25, 0.3) is 22.8 Å². The Morgan fingerprint density at radius 1 is 1.18 bits per heavy atom. The van der Waals surface area contributed by atoms with Crippen LogP contribution in [0, 0.1) is 6.92 Å². The van der Waals surface area contributed by atoms with E-state index in [2.05, 4.69) is 24.1 Å². The molecular formula is C22H24ClN3O2. The van der Waals surface area contributed by atoms with Crippen LogP contribution in [0.5, 0.6) is 0 Å². The summed E-state index contributed by atoms with van der Waals surface area (Å²) in [5.74, 6) is 1.19. The van der Waals surface area contributed by atoms with Gasteiger partial charge in [0.2, 0.25) is 5.89 Å². The molecule has 1 aliphatic rings. The Hall–Kier alpha value is -2.63. The minimum atomic E-state index is 0. The molecule has 146 valence electrons. The molecule has 0 radical (unpaired) electrons. The number of rotatable bonds is 3. The van der Waals surface area contributed by atoms with Gasteiger partial charge >= 0.3 is 0 Å². The standard InChI is InChI=1S/C22H23N3O2.ClH/c1-15-7-9-17(10-8-15)20-13-24-21(27-20)18-5-3-4-6-19(18)22(26)25-12-11-23-16(2)14-25;/h3-10,13,16,23H,11-12,14H2,1-2H3;1H. The lowest BCUT2D eigenvalue weighted by atomic mass is 10.1. The second-order valence-corrected chi connectivity index (χ2v) is 7.05. The first-order valence-electron chi connectivity index (χ1n) is 9.27. The van der Waals surface area contributed by atoms with Crippen LogP contribution in [-0.2, 0) is 0 Å². The van der Waals surface area contributed by atoms with Gasteiger partial charge < -0.3 is 14.6 Å². The van der Waals surface area contributed by atoms with E-state index in [9.17, 15) is 4.79 Å². The SMILES string of the molecule is Cc1ccc(-c2cnc(-c3ccccc3C(=O)N3CCNC(C)C3)o2)cc1.Cl. The Balaban J connectivity index is 0.00000225. The molecule has 1 atom stereocenters. The molecule has 0 spiro atoms. The van der Waals surface area contributed by atoms with E-state index < -0.39 is 0 Å². The first-order valence-corrected chi connectivity index (χ1v) is 9.27. The molecule has 28 heavy (non-hydrogen) atoms. The summed E-state index contributed by atoms with van der Waals surface area (Å²) in [5, 5.41) is 3.37. The molecule has 1 N–H and O–H groups in total. The van der Waals surface area contributed by atoms with Crippen molar-refractivity contribution in [3.8, 4) is 22.8 Å². The van der Waals surface area contributed by atoms with Crippen molar-refractivity contribution in [1.82, 2.24) is 15.2 Å². The van der Waals surface area contributed by atoms with Gasteiger partial charge in [-0.05, 0) is 26.0 Å². The predicted octanol–water partition coefficient (Wildman–Crippen LogP) is 4.17. The van der Waals surface area contributed by atoms with Crippen LogP contribution in [0.1, 0.15) is 22.8 Å². The van der Waals surface area contributed by atoms with E-state index >= 15 is 0 Å². The summed E-state index contributed by atoms with van der Waals surface area (Å²) < 4.78 is 6.00. The number of piperazine rings is 1. The van der Waals surface area contributed by atoms with Gasteiger partial charge in [-0.1, -0.05) is 42.0 Å². The number of hydrogen-bond acceptors (Lipinski definition) is 4. The minimum absolute atomic E-state index is 0. The molecular weight excluding hydrogens is 374 g/mol. The quantitative estimate of drug-likeness (QED) is 0.720. The number of oxazole rings is 1. The molecule has 0 aliphatic carbocycles. The first kappa shape index (κ1) is 20.1. The van der Waals surface area contributed by atoms with Crippen LogP contribution in [0.3, 0.4) is 0 Å². The van der Waals surface area contributed by atoms with E-state index in [0.717, 1.165) is 17.7 Å². The Morgan fingerprint density at radius 3 is 2.68 bits per heavy atom. The highest BCUT2D eigenvalue weighted by Gasteiger charge is 2.25. The molecule has 4 rings (SSSR count). The van der Waals surface area contributed by atoms with E-state index in [-0.39, 0.29) is 18.3 Å². The van der Waals surface area contributed by atoms with Gasteiger partial charge in [0.25, 0.3) is 5.91 Å². The largest absolute Gasteiger partial charge is 0.436 e. The molecule has 1 aromatic heterocycles. The third-order valence-electron chi connectivity index (χ3n) is 4.89. The Kier molecular flexibility index (Phi) is 6.17. The lowest BCUT2D eigenvalue weighted by molar-refractivity contribution is 0.0709. The summed E-state index contributed by atoms with van der Waals surface area (Å²) in [6, 6.07) is 15.9. The van der Waals surface area contributed by atoms with Crippen molar-refractivity contribution in [2.45, 2.75) is 19.9 Å². The smallest absolute Gasteiger partial charge is 0.254 e. The maximum atomic E-state index is 13.1. The first-order chi connectivity index (χ1) is 13.1. The van der Waals surface area contributed by atoms with E-state index in [0.29, 0.717) is 36.3 Å². The van der Waals surface area contributed by atoms with Gasteiger partial charge in [-0.2, -0.15) is 0 Å². The van der Waals surface area contributed by atoms with Crippen LogP contribution in [0.15, 0.2) is 59.1 Å². The molecule has 1 fully saturated rings. The van der Waals surface area contributed by atoms with Crippen LogP contribution < -0.4 is 5.32 Å². The van der Waals surface area contributed by atoms with Crippen molar-refractivity contribution in [3.05, 3.63) is 65.9 Å². The molecule has 2 aromatic carbocycles. The van der Waals surface area contributed by atoms with Crippen molar-refractivity contribution in [1.29, 1.82) is 0 Å². The minimum Gasteiger partial charge on any atom is -0.436 e. The number of hydrogen-bond donors (Lipinski definition) is 1. The highest BCUT2D eigenvalue weighted by atomic mass is 35.5. The topological polar surface area (TPSA) is 58.4 Å². The van der Waals surface area contributed by atoms with E-state index in [1.165, 1.54) is 5.56 Å². The third kappa shape index (κ3) is 4.11. The fourth-order valence-electron chi connectivity index (χ4n) is 3.39. The van der Waals surface area contributed by atoms with Crippen molar-refractivity contribution in [3.63, 3.8) is 0 Å². The number of nitrogens with one attached hydrogen (secondary N) is 1. The predicted molar refractivity (Wildman–Crippen MR) is 113 cm³/mol. The van der Waals surface area contributed by atoms with Gasteiger partial charge in [-0.25, -0.2) is 4.98 Å². The monoisotopic (exact) mass is 397 g/mol. The fourth-order valence-corrected chi connectivity index (χ4v) is 3.39. The summed E-state index contributed by atoms with van der Waals surface area (Å²) in [4.78, 5) is 19.4. The highest BCUT2D eigenvalue weighted by Crippen LogP contribution is 2.29. The molecule has 0 bridgehead atoms. The van der Waals surface area contributed by atoms with Gasteiger partial charge in [0.05, 0.1) is 11.8 Å². The van der Waals surface area contributed by atoms with Crippen molar-refractivity contribution in [2.75, 3.05) is 19.6 Å². The number of aromatic nitrogens is 1. The molecule has 1 amide bonds. The zero-order chi connectivity index (χ0) is 18.8. The maximum Gasteiger partial charge on any atom is 0.254 e. The zero-order valence-corrected chi connectivity index (χ0v) is 16.8. The highest BCUT2D eigenvalue weighted by molar-refractivity contribution is 6.00. The summed E-state index contributed by atoms with van der Waals surface area (Å²) >= 11 is 0. The molecule has 2 heterocycles. The van der Waals surface area contributed by atoms with Gasteiger partial charge in [0.15, 0.2) is 5.76 Å². The third-order valence-corrected chi connectivity index (χ3v) is 4.89. The molecule has 1 aliphatic heterocycles. The zero-order valence-electron chi connectivity index (χ0n) is 16.0. The van der Waals surface area contributed by atoms with E-state index in [1.807, 2.05) is 53.4 Å². The van der Waals surface area contributed by atoms with E-state index in [4.69, 9.17) is 4.42 Å². The number of benzene rings is 2. The van der Waals surface area contributed by atoms with Gasteiger partial charge in [0.1, 0.15) is 0 Å². The summed E-state index contributed by atoms with van der Waals surface area (Å²) in [6.07, 6.45) is 1.72. The lowest BCUT2D eigenvalue weighted by Gasteiger charge is -2.32. The molecule has 6 heteroatoms. The van der Waals surface area contributed by atoms with Crippen molar-refractivity contribution in [2.24, 2.45) is 0 Å². The maximum absolute atomic E-state index is 13.1. The summed E-state index contributed by atoms with van der Waals surface area (Å²) in [7, 11) is 0. The van der Waals surface area contributed by atoms with Gasteiger partial charge in [-0.15, -0.1) is 12.4 Å². The molecule has 1 unspecified atom stereocenters. The van der Waals surface area contributed by atoms with Gasteiger partial charge in [-0.3, -0.25) is 4.79 Å². The van der Waals surface area contributed by atoms with E-state index in [1.54, 1.807) is 6.20 Å². The van der Waals surface area contributed by atoms with Crippen LogP contribution in [0.2, 0.25) is 0 Å². The van der Waals surface area contributed by atoms with Crippen molar-refractivity contribution < 1.29 is 9.21 Å². The number of nitrogens with zero attached hydrogens (tertiary/aromatic N) is 2. The normalized spacial score (nSPS) is 16.5. The number of carbonyl (C=O) groups excluding carboxylic acids is 1. The van der Waals surface area contributed by atoms with Gasteiger partial charge in [0, 0.05) is 36.8 Å². The Bertz CT molecular complexity index is 952.